The smallest absolute Gasteiger partial charge is 0.329 e. The van der Waals surface area contributed by atoms with E-state index >= 15 is 0 Å². The third kappa shape index (κ3) is 2.15. The number of aromatic nitrogens is 1. The molecule has 0 unspecified atom stereocenters. The van der Waals surface area contributed by atoms with Crippen molar-refractivity contribution in [2.24, 2.45) is 0 Å². The SMILES string of the molecule is Cc1cc(C(=O)NC2(C(=O)O)CCCC2)on1. The Morgan fingerprint density at radius 1 is 1.47 bits per heavy atom. The normalized spacial score (nSPS) is 17.9. The molecule has 1 aliphatic carbocycles. The van der Waals surface area contributed by atoms with Crippen LogP contribution < -0.4 is 5.32 Å². The highest BCUT2D eigenvalue weighted by Gasteiger charge is 2.43. The van der Waals surface area contributed by atoms with Gasteiger partial charge in [-0.2, -0.15) is 0 Å². The van der Waals surface area contributed by atoms with E-state index in [0.717, 1.165) is 12.8 Å². The van der Waals surface area contributed by atoms with Gasteiger partial charge in [-0.25, -0.2) is 4.79 Å². The van der Waals surface area contributed by atoms with E-state index in [-0.39, 0.29) is 5.76 Å². The highest BCUT2D eigenvalue weighted by Crippen LogP contribution is 2.30. The van der Waals surface area contributed by atoms with E-state index in [1.807, 2.05) is 0 Å². The Morgan fingerprint density at radius 2 is 2.12 bits per heavy atom. The van der Waals surface area contributed by atoms with Crippen molar-refractivity contribution in [2.45, 2.75) is 38.1 Å². The molecule has 17 heavy (non-hydrogen) atoms. The molecule has 1 aromatic rings. The first-order valence-corrected chi connectivity index (χ1v) is 5.53. The summed E-state index contributed by atoms with van der Waals surface area (Å²) in [5.74, 6) is -1.45. The molecule has 1 heterocycles. The maximum Gasteiger partial charge on any atom is 0.329 e. The van der Waals surface area contributed by atoms with E-state index in [9.17, 15) is 14.7 Å². The number of rotatable bonds is 3. The number of hydrogen-bond acceptors (Lipinski definition) is 4. The summed E-state index contributed by atoms with van der Waals surface area (Å²) in [7, 11) is 0. The van der Waals surface area contributed by atoms with Crippen molar-refractivity contribution in [1.82, 2.24) is 10.5 Å². The first-order chi connectivity index (χ1) is 8.03. The van der Waals surface area contributed by atoms with Gasteiger partial charge in [-0.3, -0.25) is 4.79 Å². The number of nitrogens with one attached hydrogen (secondary N) is 1. The zero-order valence-corrected chi connectivity index (χ0v) is 9.52. The molecule has 0 aromatic carbocycles. The van der Waals surface area contributed by atoms with Crippen molar-refractivity contribution in [1.29, 1.82) is 0 Å². The lowest BCUT2D eigenvalue weighted by atomic mass is 9.98. The van der Waals surface area contributed by atoms with Gasteiger partial charge in [0.2, 0.25) is 5.76 Å². The average molecular weight is 238 g/mol. The van der Waals surface area contributed by atoms with Gasteiger partial charge < -0.3 is 14.9 Å². The van der Waals surface area contributed by atoms with Crippen LogP contribution in [0.3, 0.4) is 0 Å². The number of carboxylic acids is 1. The van der Waals surface area contributed by atoms with Gasteiger partial charge in [-0.1, -0.05) is 18.0 Å². The third-order valence-corrected chi connectivity index (χ3v) is 3.07. The Bertz CT molecular complexity index is 446. The zero-order chi connectivity index (χ0) is 12.5. The van der Waals surface area contributed by atoms with Crippen LogP contribution in [0.4, 0.5) is 0 Å². The van der Waals surface area contributed by atoms with Crippen molar-refractivity contribution in [2.75, 3.05) is 0 Å². The van der Waals surface area contributed by atoms with Crippen LogP contribution in [-0.4, -0.2) is 27.7 Å². The van der Waals surface area contributed by atoms with Crippen LogP contribution in [0.25, 0.3) is 0 Å². The van der Waals surface area contributed by atoms with E-state index in [0.29, 0.717) is 18.5 Å². The molecule has 6 heteroatoms. The van der Waals surface area contributed by atoms with Gasteiger partial charge >= 0.3 is 5.97 Å². The highest BCUT2D eigenvalue weighted by molar-refractivity contribution is 5.95. The first-order valence-electron chi connectivity index (χ1n) is 5.53. The molecular formula is C11H14N2O4. The minimum atomic E-state index is -1.14. The van der Waals surface area contributed by atoms with E-state index < -0.39 is 17.4 Å². The fourth-order valence-corrected chi connectivity index (χ4v) is 2.12. The van der Waals surface area contributed by atoms with Crippen molar-refractivity contribution in [3.63, 3.8) is 0 Å². The lowest BCUT2D eigenvalue weighted by Crippen LogP contribution is -2.52. The van der Waals surface area contributed by atoms with Gasteiger partial charge in [0.1, 0.15) is 5.54 Å². The summed E-state index contributed by atoms with van der Waals surface area (Å²) in [5, 5.41) is 15.3. The number of nitrogens with zero attached hydrogens (tertiary/aromatic N) is 1. The van der Waals surface area contributed by atoms with E-state index in [1.54, 1.807) is 6.92 Å². The second-order valence-electron chi connectivity index (χ2n) is 4.38. The number of amides is 1. The molecule has 1 aliphatic rings. The van der Waals surface area contributed by atoms with Crippen LogP contribution in [0.2, 0.25) is 0 Å². The number of carboxylic acid groups (broad SMARTS) is 1. The van der Waals surface area contributed by atoms with Gasteiger partial charge in [0.25, 0.3) is 5.91 Å². The molecule has 1 aromatic heterocycles. The van der Waals surface area contributed by atoms with Crippen molar-refractivity contribution in [3.05, 3.63) is 17.5 Å². The maximum absolute atomic E-state index is 11.8. The second-order valence-corrected chi connectivity index (χ2v) is 4.38. The first kappa shape index (κ1) is 11.6. The zero-order valence-electron chi connectivity index (χ0n) is 9.52. The Hall–Kier alpha value is -1.85. The quantitative estimate of drug-likeness (QED) is 0.822. The molecule has 0 spiro atoms. The Labute approximate surface area is 98.0 Å². The summed E-state index contributed by atoms with van der Waals surface area (Å²) in [5.41, 5.74) is -0.552. The van der Waals surface area contributed by atoms with Crippen LogP contribution in [0.5, 0.6) is 0 Å². The van der Waals surface area contributed by atoms with Crippen LogP contribution in [0.15, 0.2) is 10.6 Å². The molecule has 0 radical (unpaired) electrons. The van der Waals surface area contributed by atoms with E-state index in [1.165, 1.54) is 6.07 Å². The Kier molecular flexibility index (Phi) is 2.87. The molecule has 1 fully saturated rings. The molecule has 0 bridgehead atoms. The Balaban J connectivity index is 2.14. The van der Waals surface area contributed by atoms with Gasteiger partial charge in [0.15, 0.2) is 0 Å². The largest absolute Gasteiger partial charge is 0.480 e. The van der Waals surface area contributed by atoms with Gasteiger partial charge in [-0.05, 0) is 19.8 Å². The van der Waals surface area contributed by atoms with Crippen LogP contribution in [-0.2, 0) is 4.79 Å². The molecule has 0 atom stereocenters. The molecular weight excluding hydrogens is 224 g/mol. The van der Waals surface area contributed by atoms with E-state index in [4.69, 9.17) is 4.52 Å². The molecule has 0 saturated heterocycles. The summed E-state index contributed by atoms with van der Waals surface area (Å²) in [6, 6.07) is 1.49. The number of aryl methyl sites for hydroxylation is 1. The van der Waals surface area contributed by atoms with Crippen LogP contribution >= 0.6 is 0 Å². The van der Waals surface area contributed by atoms with Gasteiger partial charge in [0, 0.05) is 6.07 Å². The summed E-state index contributed by atoms with van der Waals surface area (Å²) >= 11 is 0. The summed E-state index contributed by atoms with van der Waals surface area (Å²) in [4.78, 5) is 23.1. The number of aliphatic carboxylic acids is 1. The van der Waals surface area contributed by atoms with Crippen molar-refractivity contribution in [3.8, 4) is 0 Å². The summed E-state index contributed by atoms with van der Waals surface area (Å²) in [6.07, 6.45) is 2.53. The minimum absolute atomic E-state index is 0.0509. The van der Waals surface area contributed by atoms with Crippen LogP contribution in [0.1, 0.15) is 41.9 Å². The topological polar surface area (TPSA) is 92.4 Å². The predicted octanol–water partition coefficient (Wildman–Crippen LogP) is 1.11. The standard InChI is InChI=1S/C11H14N2O4/c1-7-6-8(17-13-7)9(14)12-11(10(15)16)4-2-3-5-11/h6H,2-5H2,1H3,(H,12,14)(H,15,16). The molecule has 6 nitrogen and oxygen atoms in total. The summed E-state index contributed by atoms with van der Waals surface area (Å²) < 4.78 is 4.81. The molecule has 1 amide bonds. The Morgan fingerprint density at radius 3 is 2.59 bits per heavy atom. The van der Waals surface area contributed by atoms with Gasteiger partial charge in [-0.15, -0.1) is 0 Å². The van der Waals surface area contributed by atoms with Crippen molar-refractivity contribution >= 4 is 11.9 Å². The molecule has 1 saturated carbocycles. The fraction of sp³-hybridized carbons (Fsp3) is 0.545. The molecule has 0 aliphatic heterocycles. The maximum atomic E-state index is 11.8. The number of hydrogen-bond donors (Lipinski definition) is 2. The molecule has 2 rings (SSSR count). The second kappa shape index (κ2) is 4.20. The van der Waals surface area contributed by atoms with Gasteiger partial charge in [0.05, 0.1) is 5.69 Å². The monoisotopic (exact) mass is 238 g/mol. The minimum Gasteiger partial charge on any atom is -0.480 e. The van der Waals surface area contributed by atoms with Crippen LogP contribution in [0, 0.1) is 6.92 Å². The van der Waals surface area contributed by atoms with Crippen molar-refractivity contribution < 1.29 is 19.2 Å². The lowest BCUT2D eigenvalue weighted by Gasteiger charge is -2.24. The molecule has 2 N–H and O–H groups in total. The average Bonchev–Trinajstić information content (AvgIpc) is 2.87. The number of carbonyl (C=O) groups excluding carboxylic acids is 1. The third-order valence-electron chi connectivity index (χ3n) is 3.07. The fourth-order valence-electron chi connectivity index (χ4n) is 2.12. The molecule has 92 valence electrons. The number of carbonyl (C=O) groups is 2. The summed E-state index contributed by atoms with van der Waals surface area (Å²) in [6.45, 7) is 1.70. The van der Waals surface area contributed by atoms with E-state index in [2.05, 4.69) is 10.5 Å². The lowest BCUT2D eigenvalue weighted by molar-refractivity contribution is -0.144. The predicted molar refractivity (Wildman–Crippen MR) is 57.5 cm³/mol. The highest BCUT2D eigenvalue weighted by atomic mass is 16.5.